The maximum absolute atomic E-state index is 13.1. The van der Waals surface area contributed by atoms with Crippen LogP contribution in [-0.4, -0.2) is 37.5 Å². The number of nitrogens with one attached hydrogen (secondary N) is 1. The van der Waals surface area contributed by atoms with Crippen LogP contribution in [0.3, 0.4) is 0 Å². The molecule has 1 aliphatic heterocycles. The van der Waals surface area contributed by atoms with E-state index in [1.54, 1.807) is 17.9 Å². The molecule has 0 saturated carbocycles. The van der Waals surface area contributed by atoms with Gasteiger partial charge in [0.25, 0.3) is 0 Å². The molecule has 2 rings (SSSR count). The molecule has 140 valence electrons. The molecular formula is C18H24ClF3N2O. The maximum atomic E-state index is 13.1. The van der Waals surface area contributed by atoms with Crippen molar-refractivity contribution in [3.05, 3.63) is 41.5 Å². The van der Waals surface area contributed by atoms with E-state index in [4.69, 9.17) is 0 Å². The highest BCUT2D eigenvalue weighted by atomic mass is 35.5. The molecule has 0 aliphatic carbocycles. The fourth-order valence-electron chi connectivity index (χ4n) is 3.15. The summed E-state index contributed by atoms with van der Waals surface area (Å²) in [7, 11) is 1.87. The Morgan fingerprint density at radius 3 is 2.68 bits per heavy atom. The van der Waals surface area contributed by atoms with Crippen molar-refractivity contribution in [1.82, 2.24) is 10.2 Å². The predicted octanol–water partition coefficient (Wildman–Crippen LogP) is 3.99. The number of amides is 1. The van der Waals surface area contributed by atoms with E-state index in [1.807, 2.05) is 7.05 Å². The lowest BCUT2D eigenvalue weighted by Crippen LogP contribution is -2.41. The summed E-state index contributed by atoms with van der Waals surface area (Å²) in [6.45, 7) is 3.69. The summed E-state index contributed by atoms with van der Waals surface area (Å²) >= 11 is 0. The van der Waals surface area contributed by atoms with Crippen molar-refractivity contribution < 1.29 is 18.0 Å². The maximum Gasteiger partial charge on any atom is 0.416 e. The molecule has 1 atom stereocenters. The molecular weight excluding hydrogens is 353 g/mol. The second kappa shape index (κ2) is 9.25. The van der Waals surface area contributed by atoms with Gasteiger partial charge in [0.2, 0.25) is 5.91 Å². The topological polar surface area (TPSA) is 32.3 Å². The van der Waals surface area contributed by atoms with E-state index in [0.717, 1.165) is 25.5 Å². The molecule has 1 amide bonds. The number of alkyl halides is 3. The van der Waals surface area contributed by atoms with Gasteiger partial charge in [-0.1, -0.05) is 18.2 Å². The molecule has 1 heterocycles. The third-order valence-corrected chi connectivity index (χ3v) is 4.32. The number of piperidine rings is 1. The molecule has 7 heteroatoms. The van der Waals surface area contributed by atoms with Crippen molar-refractivity contribution >= 4 is 23.9 Å². The number of carbonyl (C=O) groups excluding carboxylic acids is 1. The van der Waals surface area contributed by atoms with E-state index in [2.05, 4.69) is 5.32 Å². The average Bonchev–Trinajstić information content (AvgIpc) is 2.54. The second-order valence-corrected chi connectivity index (χ2v) is 6.22. The molecule has 0 spiro atoms. The lowest BCUT2D eigenvalue weighted by atomic mass is 9.97. The first kappa shape index (κ1) is 21.5. The van der Waals surface area contributed by atoms with Gasteiger partial charge in [0, 0.05) is 19.2 Å². The van der Waals surface area contributed by atoms with Crippen molar-refractivity contribution in [2.75, 3.05) is 26.7 Å². The van der Waals surface area contributed by atoms with E-state index >= 15 is 0 Å². The van der Waals surface area contributed by atoms with Crippen LogP contribution in [0.2, 0.25) is 0 Å². The lowest BCUT2D eigenvalue weighted by molar-refractivity contribution is -0.137. The third-order valence-electron chi connectivity index (χ3n) is 4.32. The molecule has 0 aromatic heterocycles. The molecule has 1 aromatic carbocycles. The summed E-state index contributed by atoms with van der Waals surface area (Å²) in [6, 6.07) is 5.35. The molecule has 0 bridgehead atoms. The normalized spacial score (nSPS) is 18.7. The molecule has 3 nitrogen and oxygen atoms in total. The SMILES string of the molecule is CNCC1CCCN(C(=O)/C=C(/C)c2ccccc2C(F)(F)F)C1.Cl. The zero-order chi connectivity index (χ0) is 17.7. The Hall–Kier alpha value is -1.53. The fraction of sp³-hybridized carbons (Fsp3) is 0.500. The number of hydrogen-bond acceptors (Lipinski definition) is 2. The number of carbonyl (C=O) groups is 1. The Labute approximate surface area is 152 Å². The van der Waals surface area contributed by atoms with Crippen molar-refractivity contribution in [1.29, 1.82) is 0 Å². The molecule has 1 unspecified atom stereocenters. The molecule has 1 N–H and O–H groups in total. The fourth-order valence-corrected chi connectivity index (χ4v) is 3.15. The van der Waals surface area contributed by atoms with Gasteiger partial charge in [-0.3, -0.25) is 4.79 Å². The van der Waals surface area contributed by atoms with Crippen LogP contribution in [-0.2, 0) is 11.0 Å². The van der Waals surface area contributed by atoms with E-state index in [9.17, 15) is 18.0 Å². The highest BCUT2D eigenvalue weighted by Gasteiger charge is 2.33. The molecule has 1 aliphatic rings. The van der Waals surface area contributed by atoms with Crippen molar-refractivity contribution in [3.63, 3.8) is 0 Å². The van der Waals surface area contributed by atoms with E-state index in [-0.39, 0.29) is 23.9 Å². The monoisotopic (exact) mass is 376 g/mol. The second-order valence-electron chi connectivity index (χ2n) is 6.22. The molecule has 25 heavy (non-hydrogen) atoms. The smallest absolute Gasteiger partial charge is 0.339 e. The van der Waals surface area contributed by atoms with Gasteiger partial charge in [-0.15, -0.1) is 12.4 Å². The standard InChI is InChI=1S/C18H23F3N2O.ClH/c1-13(15-7-3-4-8-16(15)18(19,20)21)10-17(24)23-9-5-6-14(12-23)11-22-2;/h3-4,7-8,10,14,22H,5-6,9,11-12H2,1-2H3;1H/b13-10-;. The minimum Gasteiger partial charge on any atom is -0.339 e. The Bertz CT molecular complexity index is 615. The number of benzene rings is 1. The highest BCUT2D eigenvalue weighted by molar-refractivity contribution is 5.95. The number of hydrogen-bond donors (Lipinski definition) is 1. The van der Waals surface area contributed by atoms with Gasteiger partial charge >= 0.3 is 6.18 Å². The molecule has 1 saturated heterocycles. The summed E-state index contributed by atoms with van der Waals surface area (Å²) in [6.07, 6.45) is -1.13. The number of allylic oxidation sites excluding steroid dienone is 1. The zero-order valence-corrected chi connectivity index (χ0v) is 15.2. The largest absolute Gasteiger partial charge is 0.416 e. The third kappa shape index (κ3) is 5.75. The van der Waals surface area contributed by atoms with Gasteiger partial charge in [0.05, 0.1) is 5.56 Å². The molecule has 1 aromatic rings. The van der Waals surface area contributed by atoms with Gasteiger partial charge in [-0.25, -0.2) is 0 Å². The minimum atomic E-state index is -4.43. The average molecular weight is 377 g/mol. The van der Waals surface area contributed by atoms with Gasteiger partial charge in [0.1, 0.15) is 0 Å². The quantitative estimate of drug-likeness (QED) is 0.806. The zero-order valence-electron chi connectivity index (χ0n) is 14.4. The Morgan fingerprint density at radius 2 is 2.04 bits per heavy atom. The van der Waals surface area contributed by atoms with E-state index in [0.29, 0.717) is 24.6 Å². The lowest BCUT2D eigenvalue weighted by Gasteiger charge is -2.32. The van der Waals surface area contributed by atoms with Crippen LogP contribution < -0.4 is 5.32 Å². The van der Waals surface area contributed by atoms with E-state index < -0.39 is 11.7 Å². The summed E-state index contributed by atoms with van der Waals surface area (Å²) in [5.74, 6) is 0.175. The van der Waals surface area contributed by atoms with Crippen molar-refractivity contribution in [2.45, 2.75) is 25.9 Å². The van der Waals surface area contributed by atoms with Crippen LogP contribution in [0.4, 0.5) is 13.2 Å². The summed E-state index contributed by atoms with van der Waals surface area (Å²) in [5.41, 5.74) is -0.316. The molecule has 0 radical (unpaired) electrons. The Balaban J connectivity index is 0.00000312. The van der Waals surface area contributed by atoms with Gasteiger partial charge in [0.15, 0.2) is 0 Å². The van der Waals surface area contributed by atoms with Crippen LogP contribution in [0.15, 0.2) is 30.3 Å². The van der Waals surface area contributed by atoms with Crippen LogP contribution in [0, 0.1) is 5.92 Å². The van der Waals surface area contributed by atoms with Crippen molar-refractivity contribution in [2.24, 2.45) is 5.92 Å². The Kier molecular flexibility index (Phi) is 7.96. The predicted molar refractivity (Wildman–Crippen MR) is 95.6 cm³/mol. The number of rotatable bonds is 4. The van der Waals surface area contributed by atoms with Crippen LogP contribution in [0.25, 0.3) is 5.57 Å². The first-order chi connectivity index (χ1) is 11.3. The number of nitrogens with zero attached hydrogens (tertiary/aromatic N) is 1. The first-order valence-corrected chi connectivity index (χ1v) is 8.11. The number of halogens is 4. The Morgan fingerprint density at radius 1 is 1.36 bits per heavy atom. The first-order valence-electron chi connectivity index (χ1n) is 8.11. The summed E-state index contributed by atoms with van der Waals surface area (Å²) in [5, 5.41) is 3.11. The van der Waals surface area contributed by atoms with Gasteiger partial charge in [-0.2, -0.15) is 13.2 Å². The number of likely N-dealkylation sites (tertiary alicyclic amines) is 1. The minimum absolute atomic E-state index is 0. The summed E-state index contributed by atoms with van der Waals surface area (Å²) in [4.78, 5) is 14.2. The van der Waals surface area contributed by atoms with Crippen LogP contribution >= 0.6 is 12.4 Å². The van der Waals surface area contributed by atoms with Crippen LogP contribution in [0.5, 0.6) is 0 Å². The summed E-state index contributed by atoms with van der Waals surface area (Å²) < 4.78 is 39.3. The van der Waals surface area contributed by atoms with Crippen molar-refractivity contribution in [3.8, 4) is 0 Å². The van der Waals surface area contributed by atoms with Gasteiger partial charge in [-0.05, 0) is 56.5 Å². The van der Waals surface area contributed by atoms with Crippen LogP contribution in [0.1, 0.15) is 30.9 Å². The van der Waals surface area contributed by atoms with Gasteiger partial charge < -0.3 is 10.2 Å². The highest BCUT2D eigenvalue weighted by Crippen LogP contribution is 2.34. The van der Waals surface area contributed by atoms with E-state index in [1.165, 1.54) is 18.2 Å². The molecule has 1 fully saturated rings.